The van der Waals surface area contributed by atoms with Crippen LogP contribution in [0.2, 0.25) is 0 Å². The SMILES string of the molecule is COc1cccc(C(C)(O)c2cccc(C3CCC3)c2)c1. The lowest BCUT2D eigenvalue weighted by molar-refractivity contribution is 0.102. The minimum absolute atomic E-state index is 0.672. The smallest absolute Gasteiger partial charge is 0.119 e. The molecule has 1 N–H and O–H groups in total. The molecule has 0 aliphatic heterocycles. The molecular formula is C19H22O2. The first-order chi connectivity index (χ1) is 10.1. The lowest BCUT2D eigenvalue weighted by atomic mass is 9.78. The maximum absolute atomic E-state index is 11.0. The number of aliphatic hydroxyl groups is 1. The summed E-state index contributed by atoms with van der Waals surface area (Å²) in [5.74, 6) is 1.44. The molecular weight excluding hydrogens is 260 g/mol. The summed E-state index contributed by atoms with van der Waals surface area (Å²) in [6, 6.07) is 16.0. The fourth-order valence-corrected chi connectivity index (χ4v) is 2.93. The van der Waals surface area contributed by atoms with E-state index in [1.54, 1.807) is 7.11 Å². The summed E-state index contributed by atoms with van der Waals surface area (Å²) in [5, 5.41) is 11.0. The zero-order chi connectivity index (χ0) is 14.9. The average molecular weight is 282 g/mol. The predicted octanol–water partition coefficient (Wildman–Crippen LogP) is 4.22. The van der Waals surface area contributed by atoms with Crippen molar-refractivity contribution < 1.29 is 9.84 Å². The standard InChI is InChI=1S/C19H22O2/c1-19(20,17-10-5-11-18(13-17)21-2)16-9-4-8-15(12-16)14-6-3-7-14/h4-5,8-14,20H,3,6-7H2,1-2H3. The van der Waals surface area contributed by atoms with Gasteiger partial charge in [-0.1, -0.05) is 42.8 Å². The van der Waals surface area contributed by atoms with E-state index in [9.17, 15) is 5.11 Å². The quantitative estimate of drug-likeness (QED) is 0.910. The van der Waals surface area contributed by atoms with Crippen LogP contribution < -0.4 is 4.74 Å². The van der Waals surface area contributed by atoms with Gasteiger partial charge in [0.25, 0.3) is 0 Å². The van der Waals surface area contributed by atoms with Crippen LogP contribution in [0, 0.1) is 0 Å². The number of ether oxygens (including phenoxy) is 1. The summed E-state index contributed by atoms with van der Waals surface area (Å²) in [6.45, 7) is 1.85. The molecule has 2 heteroatoms. The van der Waals surface area contributed by atoms with Crippen molar-refractivity contribution >= 4 is 0 Å². The summed E-state index contributed by atoms with van der Waals surface area (Å²) < 4.78 is 5.26. The van der Waals surface area contributed by atoms with Gasteiger partial charge < -0.3 is 9.84 Å². The fourth-order valence-electron chi connectivity index (χ4n) is 2.93. The highest BCUT2D eigenvalue weighted by Crippen LogP contribution is 2.38. The first kappa shape index (κ1) is 14.2. The van der Waals surface area contributed by atoms with Crippen molar-refractivity contribution in [1.82, 2.24) is 0 Å². The van der Waals surface area contributed by atoms with Gasteiger partial charge in [0, 0.05) is 0 Å². The normalized spacial score (nSPS) is 17.9. The zero-order valence-corrected chi connectivity index (χ0v) is 12.7. The molecule has 1 aliphatic rings. The van der Waals surface area contributed by atoms with Gasteiger partial charge >= 0.3 is 0 Å². The van der Waals surface area contributed by atoms with Crippen molar-refractivity contribution in [3.05, 3.63) is 65.2 Å². The number of benzene rings is 2. The van der Waals surface area contributed by atoms with Crippen LogP contribution in [-0.4, -0.2) is 12.2 Å². The van der Waals surface area contributed by atoms with Crippen LogP contribution in [0.5, 0.6) is 5.75 Å². The monoisotopic (exact) mass is 282 g/mol. The van der Waals surface area contributed by atoms with Gasteiger partial charge in [0.2, 0.25) is 0 Å². The van der Waals surface area contributed by atoms with E-state index in [2.05, 4.69) is 18.2 Å². The Balaban J connectivity index is 1.96. The molecule has 1 unspecified atom stereocenters. The van der Waals surface area contributed by atoms with Gasteiger partial charge in [0.1, 0.15) is 11.4 Å². The van der Waals surface area contributed by atoms with Gasteiger partial charge in [-0.3, -0.25) is 0 Å². The molecule has 0 spiro atoms. The average Bonchev–Trinajstić information content (AvgIpc) is 2.46. The van der Waals surface area contributed by atoms with Gasteiger partial charge in [-0.2, -0.15) is 0 Å². The molecule has 0 aromatic heterocycles. The molecule has 0 bridgehead atoms. The minimum Gasteiger partial charge on any atom is -0.497 e. The van der Waals surface area contributed by atoms with Crippen molar-refractivity contribution in [1.29, 1.82) is 0 Å². The summed E-state index contributed by atoms with van der Waals surface area (Å²) in [4.78, 5) is 0. The van der Waals surface area contributed by atoms with Crippen LogP contribution >= 0.6 is 0 Å². The van der Waals surface area contributed by atoms with Gasteiger partial charge in [0.15, 0.2) is 0 Å². The van der Waals surface area contributed by atoms with Gasteiger partial charge in [-0.05, 0) is 54.5 Å². The molecule has 1 fully saturated rings. The third-order valence-corrected chi connectivity index (χ3v) is 4.66. The third kappa shape index (κ3) is 2.68. The molecule has 2 aromatic carbocycles. The lowest BCUT2D eigenvalue weighted by Gasteiger charge is -2.29. The van der Waals surface area contributed by atoms with Crippen molar-refractivity contribution in [3.63, 3.8) is 0 Å². The highest BCUT2D eigenvalue weighted by molar-refractivity contribution is 5.41. The largest absolute Gasteiger partial charge is 0.497 e. The number of rotatable bonds is 4. The molecule has 2 aromatic rings. The topological polar surface area (TPSA) is 29.5 Å². The Morgan fingerprint density at radius 2 is 1.71 bits per heavy atom. The second-order valence-electron chi connectivity index (χ2n) is 6.06. The molecule has 0 saturated heterocycles. The van der Waals surface area contributed by atoms with Crippen LogP contribution in [0.15, 0.2) is 48.5 Å². The second-order valence-corrected chi connectivity index (χ2v) is 6.06. The third-order valence-electron chi connectivity index (χ3n) is 4.66. The van der Waals surface area contributed by atoms with Crippen LogP contribution in [0.4, 0.5) is 0 Å². The van der Waals surface area contributed by atoms with Crippen LogP contribution in [0.25, 0.3) is 0 Å². The van der Waals surface area contributed by atoms with Crippen LogP contribution in [0.3, 0.4) is 0 Å². The Morgan fingerprint density at radius 3 is 2.33 bits per heavy atom. The second kappa shape index (κ2) is 5.53. The lowest BCUT2D eigenvalue weighted by Crippen LogP contribution is -2.23. The Kier molecular flexibility index (Phi) is 3.73. The van der Waals surface area contributed by atoms with E-state index in [4.69, 9.17) is 4.74 Å². The van der Waals surface area contributed by atoms with E-state index in [0.717, 1.165) is 16.9 Å². The van der Waals surface area contributed by atoms with E-state index < -0.39 is 5.60 Å². The molecule has 1 saturated carbocycles. The van der Waals surface area contributed by atoms with E-state index in [1.807, 2.05) is 37.3 Å². The summed E-state index contributed by atoms with van der Waals surface area (Å²) in [7, 11) is 1.64. The van der Waals surface area contributed by atoms with Crippen molar-refractivity contribution in [2.24, 2.45) is 0 Å². The molecule has 3 rings (SSSR count). The maximum atomic E-state index is 11.0. The highest BCUT2D eigenvalue weighted by Gasteiger charge is 2.28. The van der Waals surface area contributed by atoms with E-state index in [1.165, 1.54) is 24.8 Å². The van der Waals surface area contributed by atoms with E-state index in [-0.39, 0.29) is 0 Å². The van der Waals surface area contributed by atoms with Crippen LogP contribution in [0.1, 0.15) is 48.8 Å². The Morgan fingerprint density at radius 1 is 1.05 bits per heavy atom. The van der Waals surface area contributed by atoms with Crippen molar-refractivity contribution in [2.45, 2.75) is 37.7 Å². The van der Waals surface area contributed by atoms with Crippen molar-refractivity contribution in [2.75, 3.05) is 7.11 Å². The first-order valence-corrected chi connectivity index (χ1v) is 7.58. The summed E-state index contributed by atoms with van der Waals surface area (Å²) in [5.41, 5.74) is 2.14. The number of methoxy groups -OCH3 is 1. The molecule has 2 nitrogen and oxygen atoms in total. The highest BCUT2D eigenvalue weighted by atomic mass is 16.5. The van der Waals surface area contributed by atoms with Gasteiger partial charge in [-0.25, -0.2) is 0 Å². The van der Waals surface area contributed by atoms with E-state index >= 15 is 0 Å². The molecule has 1 aliphatic carbocycles. The number of hydrogen-bond donors (Lipinski definition) is 1. The van der Waals surface area contributed by atoms with E-state index in [0.29, 0.717) is 5.92 Å². The predicted molar refractivity (Wildman–Crippen MR) is 84.7 cm³/mol. The Hall–Kier alpha value is -1.80. The summed E-state index contributed by atoms with van der Waals surface area (Å²) >= 11 is 0. The van der Waals surface area contributed by atoms with Crippen molar-refractivity contribution in [3.8, 4) is 5.75 Å². The molecule has 1 atom stereocenters. The fraction of sp³-hybridized carbons (Fsp3) is 0.368. The van der Waals surface area contributed by atoms with Crippen LogP contribution in [-0.2, 0) is 5.60 Å². The van der Waals surface area contributed by atoms with Gasteiger partial charge in [0.05, 0.1) is 7.11 Å². The Bertz CT molecular complexity index is 627. The Labute approximate surface area is 126 Å². The molecule has 21 heavy (non-hydrogen) atoms. The number of hydrogen-bond acceptors (Lipinski definition) is 2. The summed E-state index contributed by atoms with van der Waals surface area (Å²) in [6.07, 6.45) is 3.86. The molecule has 110 valence electrons. The molecule has 0 heterocycles. The first-order valence-electron chi connectivity index (χ1n) is 7.58. The van der Waals surface area contributed by atoms with Gasteiger partial charge in [-0.15, -0.1) is 0 Å². The molecule has 0 amide bonds. The molecule has 0 radical (unpaired) electrons. The maximum Gasteiger partial charge on any atom is 0.119 e. The minimum atomic E-state index is -1.01. The zero-order valence-electron chi connectivity index (χ0n) is 12.7.